The third-order valence-corrected chi connectivity index (χ3v) is 4.81. The van der Waals surface area contributed by atoms with Crippen molar-refractivity contribution in [3.63, 3.8) is 0 Å². The van der Waals surface area contributed by atoms with Crippen molar-refractivity contribution in [2.75, 3.05) is 0 Å². The summed E-state index contributed by atoms with van der Waals surface area (Å²) in [5, 5.41) is 10.1. The van der Waals surface area contributed by atoms with Gasteiger partial charge in [-0.05, 0) is 30.8 Å². The third kappa shape index (κ3) is 2.67. The minimum Gasteiger partial charge on any atom is -0.392 e. The molecule has 1 aliphatic rings. The number of rotatable bonds is 2. The van der Waals surface area contributed by atoms with E-state index in [1.165, 1.54) is 0 Å². The molecule has 0 aromatic heterocycles. The van der Waals surface area contributed by atoms with Gasteiger partial charge in [0.2, 0.25) is 0 Å². The van der Waals surface area contributed by atoms with Gasteiger partial charge in [-0.15, -0.1) is 0 Å². The summed E-state index contributed by atoms with van der Waals surface area (Å²) in [7, 11) is 0. The lowest BCUT2D eigenvalue weighted by atomic mass is 9.61. The Hall–Kier alpha value is 0.1000. The maximum atomic E-state index is 12.1. The highest BCUT2D eigenvalue weighted by molar-refractivity contribution is 14.1. The standard InChI is InChI=1S/C13H21IO2/c1-5-6-10(15)11-8(2)12(16)9(14)7-13(11,3)4/h5-6,8-9,11-12,16H,7H2,1-4H3. The first-order valence-electron chi connectivity index (χ1n) is 5.80. The number of carbonyl (C=O) groups is 1. The number of allylic oxidation sites excluding steroid dienone is 2. The lowest BCUT2D eigenvalue weighted by molar-refractivity contribution is -0.129. The van der Waals surface area contributed by atoms with E-state index < -0.39 is 0 Å². The highest BCUT2D eigenvalue weighted by Crippen LogP contribution is 2.46. The highest BCUT2D eigenvalue weighted by atomic mass is 127. The van der Waals surface area contributed by atoms with Crippen LogP contribution in [0.15, 0.2) is 12.2 Å². The van der Waals surface area contributed by atoms with Gasteiger partial charge in [0.05, 0.1) is 6.10 Å². The Balaban J connectivity index is 2.99. The fourth-order valence-electron chi connectivity index (χ4n) is 2.90. The molecule has 4 atom stereocenters. The van der Waals surface area contributed by atoms with Crippen LogP contribution in [-0.4, -0.2) is 20.9 Å². The Labute approximate surface area is 112 Å². The van der Waals surface area contributed by atoms with Crippen LogP contribution in [0.1, 0.15) is 34.1 Å². The van der Waals surface area contributed by atoms with Crippen LogP contribution in [0.2, 0.25) is 0 Å². The lowest BCUT2D eigenvalue weighted by Gasteiger charge is -2.46. The van der Waals surface area contributed by atoms with Crippen LogP contribution in [0.3, 0.4) is 0 Å². The molecule has 4 unspecified atom stereocenters. The molecule has 92 valence electrons. The predicted octanol–water partition coefficient (Wildman–Crippen LogP) is 2.98. The number of aliphatic hydroxyl groups excluding tert-OH is 1. The van der Waals surface area contributed by atoms with Gasteiger partial charge in [-0.1, -0.05) is 49.4 Å². The molecule has 3 heteroatoms. The molecule has 0 bridgehead atoms. The first-order valence-corrected chi connectivity index (χ1v) is 7.04. The van der Waals surface area contributed by atoms with Crippen LogP contribution in [0, 0.1) is 17.3 Å². The molecule has 16 heavy (non-hydrogen) atoms. The molecule has 0 aromatic carbocycles. The van der Waals surface area contributed by atoms with E-state index in [0.717, 1.165) is 6.42 Å². The van der Waals surface area contributed by atoms with Crippen molar-refractivity contribution >= 4 is 28.4 Å². The number of hydrogen-bond acceptors (Lipinski definition) is 2. The van der Waals surface area contributed by atoms with Crippen molar-refractivity contribution in [3.8, 4) is 0 Å². The van der Waals surface area contributed by atoms with Gasteiger partial charge in [-0.2, -0.15) is 0 Å². The minimum absolute atomic E-state index is 0.0267. The Kier molecular flexibility index (Phi) is 4.57. The summed E-state index contributed by atoms with van der Waals surface area (Å²) in [5.41, 5.74) is -0.0267. The topological polar surface area (TPSA) is 37.3 Å². The molecule has 0 aromatic rings. The third-order valence-electron chi connectivity index (χ3n) is 3.64. The molecular formula is C13H21IO2. The average molecular weight is 336 g/mol. The molecule has 2 nitrogen and oxygen atoms in total. The van der Waals surface area contributed by atoms with Crippen molar-refractivity contribution < 1.29 is 9.90 Å². The van der Waals surface area contributed by atoms with E-state index in [2.05, 4.69) is 36.4 Å². The number of ketones is 1. The second kappa shape index (κ2) is 5.17. The van der Waals surface area contributed by atoms with Gasteiger partial charge >= 0.3 is 0 Å². The van der Waals surface area contributed by atoms with Gasteiger partial charge in [0, 0.05) is 9.84 Å². The summed E-state index contributed by atoms with van der Waals surface area (Å²) in [5.74, 6) is 0.126. The van der Waals surface area contributed by atoms with Crippen molar-refractivity contribution in [2.45, 2.75) is 44.1 Å². The molecule has 0 aliphatic heterocycles. The lowest BCUT2D eigenvalue weighted by Crippen LogP contribution is -2.50. The molecule has 0 heterocycles. The van der Waals surface area contributed by atoms with E-state index in [-0.39, 0.29) is 33.1 Å². The second-order valence-corrected chi connectivity index (χ2v) is 7.04. The van der Waals surface area contributed by atoms with Gasteiger partial charge in [0.25, 0.3) is 0 Å². The minimum atomic E-state index is -0.368. The van der Waals surface area contributed by atoms with Crippen molar-refractivity contribution in [2.24, 2.45) is 17.3 Å². The molecule has 1 aliphatic carbocycles. The Morgan fingerprint density at radius 1 is 1.50 bits per heavy atom. The van der Waals surface area contributed by atoms with Gasteiger partial charge in [-0.3, -0.25) is 4.79 Å². The van der Waals surface area contributed by atoms with E-state index in [1.807, 2.05) is 13.8 Å². The van der Waals surface area contributed by atoms with Crippen LogP contribution in [0.5, 0.6) is 0 Å². The van der Waals surface area contributed by atoms with E-state index in [4.69, 9.17) is 0 Å². The zero-order valence-electron chi connectivity index (χ0n) is 10.4. The molecule has 0 radical (unpaired) electrons. The zero-order chi connectivity index (χ0) is 12.5. The van der Waals surface area contributed by atoms with Crippen LogP contribution in [0.4, 0.5) is 0 Å². The average Bonchev–Trinajstić information content (AvgIpc) is 2.13. The van der Waals surface area contributed by atoms with Gasteiger partial charge in [-0.25, -0.2) is 0 Å². The zero-order valence-corrected chi connectivity index (χ0v) is 12.6. The van der Waals surface area contributed by atoms with Crippen molar-refractivity contribution in [1.82, 2.24) is 0 Å². The van der Waals surface area contributed by atoms with Crippen molar-refractivity contribution in [1.29, 1.82) is 0 Å². The van der Waals surface area contributed by atoms with Crippen LogP contribution >= 0.6 is 22.6 Å². The SMILES string of the molecule is CC=CC(=O)C1C(C)C(O)C(I)CC1(C)C. The van der Waals surface area contributed by atoms with Crippen LogP contribution in [0.25, 0.3) is 0 Å². The number of halogens is 1. The summed E-state index contributed by atoms with van der Waals surface area (Å²) in [6.07, 6.45) is 3.96. The predicted molar refractivity (Wildman–Crippen MR) is 74.7 cm³/mol. The van der Waals surface area contributed by atoms with Gasteiger partial charge in [0.1, 0.15) is 0 Å². The van der Waals surface area contributed by atoms with Crippen molar-refractivity contribution in [3.05, 3.63) is 12.2 Å². The summed E-state index contributed by atoms with van der Waals surface area (Å²) in [6, 6.07) is 0. The molecule has 0 spiro atoms. The number of alkyl halides is 1. The van der Waals surface area contributed by atoms with E-state index in [1.54, 1.807) is 12.2 Å². The highest BCUT2D eigenvalue weighted by Gasteiger charge is 2.47. The Morgan fingerprint density at radius 2 is 2.06 bits per heavy atom. The molecule has 1 fully saturated rings. The van der Waals surface area contributed by atoms with E-state index in [9.17, 15) is 9.90 Å². The summed E-state index contributed by atoms with van der Waals surface area (Å²) in [4.78, 5) is 12.1. The monoisotopic (exact) mass is 336 g/mol. The fourth-order valence-corrected chi connectivity index (χ4v) is 4.69. The largest absolute Gasteiger partial charge is 0.392 e. The first kappa shape index (κ1) is 14.2. The van der Waals surface area contributed by atoms with E-state index >= 15 is 0 Å². The molecule has 0 amide bonds. The quantitative estimate of drug-likeness (QED) is 0.478. The number of carbonyl (C=O) groups excluding carboxylic acids is 1. The maximum absolute atomic E-state index is 12.1. The van der Waals surface area contributed by atoms with E-state index in [0.29, 0.717) is 0 Å². The number of aliphatic hydroxyl groups is 1. The second-order valence-electron chi connectivity index (χ2n) is 5.44. The van der Waals surface area contributed by atoms with Gasteiger partial charge in [0.15, 0.2) is 5.78 Å². The number of hydrogen-bond donors (Lipinski definition) is 1. The van der Waals surface area contributed by atoms with Crippen LogP contribution < -0.4 is 0 Å². The Morgan fingerprint density at radius 3 is 2.56 bits per heavy atom. The molecular weight excluding hydrogens is 315 g/mol. The Bertz CT molecular complexity index is 296. The summed E-state index contributed by atoms with van der Waals surface area (Å²) < 4.78 is 0.247. The van der Waals surface area contributed by atoms with Crippen LogP contribution in [-0.2, 0) is 4.79 Å². The molecule has 1 saturated carbocycles. The smallest absolute Gasteiger partial charge is 0.159 e. The molecule has 1 rings (SSSR count). The summed E-state index contributed by atoms with van der Waals surface area (Å²) in [6.45, 7) is 8.11. The maximum Gasteiger partial charge on any atom is 0.159 e. The normalized spacial score (nSPS) is 38.9. The molecule has 1 N–H and O–H groups in total. The molecule has 0 saturated heterocycles. The first-order chi connectivity index (χ1) is 7.31. The fraction of sp³-hybridized carbons (Fsp3) is 0.769. The van der Waals surface area contributed by atoms with Gasteiger partial charge < -0.3 is 5.11 Å². The summed E-state index contributed by atoms with van der Waals surface area (Å²) >= 11 is 2.30.